The van der Waals surface area contributed by atoms with Gasteiger partial charge in [0, 0.05) is 10.9 Å². The molecule has 0 saturated carbocycles. The van der Waals surface area contributed by atoms with Crippen LogP contribution in [0.5, 0.6) is 11.5 Å². The zero-order valence-electron chi connectivity index (χ0n) is 34.5. The van der Waals surface area contributed by atoms with Gasteiger partial charge in [-0.2, -0.15) is 0 Å². The quantitative estimate of drug-likeness (QED) is 0.177. The van der Waals surface area contributed by atoms with Crippen molar-refractivity contribution in [2.24, 2.45) is 0 Å². The fourth-order valence-electron chi connectivity index (χ4n) is 9.24. The summed E-state index contributed by atoms with van der Waals surface area (Å²) in [6.45, 7) is 0. The smallest absolute Gasteiger partial charge is 0.135 e. The van der Waals surface area contributed by atoms with Gasteiger partial charge < -0.3 is 4.74 Å². The second kappa shape index (κ2) is 11.6. The van der Waals surface area contributed by atoms with E-state index in [-0.39, 0.29) is 29.7 Å². The molecule has 12 rings (SSSR count). The van der Waals surface area contributed by atoms with Gasteiger partial charge in [-0.25, -0.2) is 0 Å². The maximum Gasteiger partial charge on any atom is 0.135 e. The molecule has 1 nitrogen and oxygen atoms in total. The predicted octanol–water partition coefficient (Wildman–Crippen LogP) is 15.2. The number of ether oxygens (including phenoxy) is 1. The normalized spacial score (nSPS) is 13.4. The highest BCUT2D eigenvalue weighted by Crippen LogP contribution is 2.58. The molecule has 0 fully saturated rings. The molecule has 0 radical (unpaired) electrons. The highest BCUT2D eigenvalue weighted by molar-refractivity contribution is 6.27. The topological polar surface area (TPSA) is 9.23 Å². The molecule has 1 heteroatoms. The lowest BCUT2D eigenvalue weighted by Crippen LogP contribution is -1.98. The summed E-state index contributed by atoms with van der Waals surface area (Å²) in [5.74, 6) is 1.59. The average Bonchev–Trinajstić information content (AvgIpc) is 3.62. The van der Waals surface area contributed by atoms with E-state index >= 15 is 0 Å². The Hall–Kier alpha value is -7.22. The van der Waals surface area contributed by atoms with E-state index in [1.807, 2.05) is 36.4 Å². The van der Waals surface area contributed by atoms with E-state index in [1.165, 1.54) is 16.5 Å². The van der Waals surface area contributed by atoms with Crippen LogP contribution < -0.4 is 4.74 Å². The lowest BCUT2D eigenvalue weighted by Gasteiger charge is -2.23. The van der Waals surface area contributed by atoms with Gasteiger partial charge in [-0.15, -0.1) is 0 Å². The molecular weight excluding hydrogens is 665 g/mol. The maximum atomic E-state index is 9.16. The van der Waals surface area contributed by atoms with E-state index in [2.05, 4.69) is 127 Å². The summed E-state index contributed by atoms with van der Waals surface area (Å²) < 4.78 is 50.6. The highest BCUT2D eigenvalue weighted by atomic mass is 16.5. The van der Waals surface area contributed by atoms with Crippen molar-refractivity contribution >= 4 is 32.3 Å². The molecule has 2 aliphatic rings. The van der Waals surface area contributed by atoms with Crippen LogP contribution in [0.15, 0.2) is 194 Å². The summed E-state index contributed by atoms with van der Waals surface area (Å²) in [7, 11) is 0. The molecule has 0 aromatic heterocycles. The van der Waals surface area contributed by atoms with Crippen LogP contribution in [0.1, 0.15) is 6.85 Å². The number of fused-ring (bicyclic) bond motifs is 6. The molecule has 55 heavy (non-hydrogen) atoms. The molecule has 1 aliphatic carbocycles. The fourth-order valence-corrected chi connectivity index (χ4v) is 9.24. The van der Waals surface area contributed by atoms with Gasteiger partial charge in [-0.1, -0.05) is 164 Å². The first kappa shape index (κ1) is 25.7. The SMILES string of the molecule is [2H]c1c([2H])c([2H])c(-c2cc(-c3c4c(c(-c5ccccc5)c5ccccc35)-c3cccc5cccc-4c35)cc(-c3ccc4c5c(cccc35)-c3ccccc3O4)c2)c([2H])c1[2H]. The number of hydrogen-bond acceptors (Lipinski definition) is 1. The predicted molar refractivity (Wildman–Crippen MR) is 231 cm³/mol. The molecule has 0 atom stereocenters. The highest BCUT2D eigenvalue weighted by Gasteiger charge is 2.31. The van der Waals surface area contributed by atoms with Gasteiger partial charge in [-0.05, 0) is 130 Å². The molecular formula is C54H32O. The van der Waals surface area contributed by atoms with Crippen molar-refractivity contribution in [2.45, 2.75) is 0 Å². The van der Waals surface area contributed by atoms with Crippen molar-refractivity contribution in [1.29, 1.82) is 0 Å². The van der Waals surface area contributed by atoms with Crippen molar-refractivity contribution in [1.82, 2.24) is 0 Å². The van der Waals surface area contributed by atoms with Gasteiger partial charge in [0.25, 0.3) is 0 Å². The second-order valence-electron chi connectivity index (χ2n) is 14.4. The largest absolute Gasteiger partial charge is 0.456 e. The Bertz CT molecular complexity index is 3480. The molecule has 10 aromatic carbocycles. The van der Waals surface area contributed by atoms with Gasteiger partial charge in [0.2, 0.25) is 0 Å². The number of benzene rings is 10. The Morgan fingerprint density at radius 3 is 1.71 bits per heavy atom. The molecule has 1 aliphatic heterocycles. The van der Waals surface area contributed by atoms with E-state index in [0.717, 1.165) is 94.1 Å². The van der Waals surface area contributed by atoms with Crippen LogP contribution in [0.25, 0.3) is 110 Å². The minimum absolute atomic E-state index is 0.163. The summed E-state index contributed by atoms with van der Waals surface area (Å²) in [5.41, 5.74) is 13.4. The standard InChI is InChI=1S/C54H32O/c1-3-14-33(15-4-1)36-30-37(39-28-29-48-52-41(39)23-13-24-42(52)40-20-9-10-27-47(40)55-48)32-38(31-36)51-44-22-8-7-21-43(44)50(35-16-5-2-6-17-35)53-45-25-11-18-34-19-12-26-46(49(34)45)54(51)53/h1-32H/i1D,3D,4D,14D,15D. The summed E-state index contributed by atoms with van der Waals surface area (Å²) in [5, 5.41) is 6.53. The van der Waals surface area contributed by atoms with Crippen LogP contribution in [0.3, 0.4) is 0 Å². The third kappa shape index (κ3) is 4.41. The monoisotopic (exact) mass is 701 g/mol. The third-order valence-electron chi connectivity index (χ3n) is 11.4. The molecule has 1 heterocycles. The van der Waals surface area contributed by atoms with Crippen molar-refractivity contribution in [3.8, 4) is 89.4 Å². The van der Waals surface area contributed by atoms with Crippen molar-refractivity contribution in [3.05, 3.63) is 194 Å². The Balaban J connectivity index is 1.23. The zero-order valence-corrected chi connectivity index (χ0v) is 29.5. The number of hydrogen-bond donors (Lipinski definition) is 0. The van der Waals surface area contributed by atoms with E-state index < -0.39 is 6.04 Å². The first-order chi connectivity index (χ1) is 29.4. The summed E-state index contributed by atoms with van der Waals surface area (Å²) in [6, 6.07) is 55.3. The number of para-hydroxylation sites is 1. The molecule has 0 bridgehead atoms. The van der Waals surface area contributed by atoms with Gasteiger partial charge in [0.1, 0.15) is 11.5 Å². The minimum Gasteiger partial charge on any atom is -0.456 e. The lowest BCUT2D eigenvalue weighted by molar-refractivity contribution is 0.487. The van der Waals surface area contributed by atoms with Crippen LogP contribution in [0, 0.1) is 0 Å². The second-order valence-corrected chi connectivity index (χ2v) is 14.4. The molecule has 0 saturated heterocycles. The third-order valence-corrected chi connectivity index (χ3v) is 11.4. The Kier molecular flexibility index (Phi) is 5.44. The maximum absolute atomic E-state index is 9.16. The van der Waals surface area contributed by atoms with Crippen molar-refractivity contribution < 1.29 is 11.6 Å². The summed E-state index contributed by atoms with van der Waals surface area (Å²) in [4.78, 5) is 0. The van der Waals surface area contributed by atoms with Crippen LogP contribution in [0.4, 0.5) is 0 Å². The van der Waals surface area contributed by atoms with Crippen LogP contribution in [-0.4, -0.2) is 0 Å². The summed E-state index contributed by atoms with van der Waals surface area (Å²) >= 11 is 0. The first-order valence-electron chi connectivity index (χ1n) is 21.1. The van der Waals surface area contributed by atoms with Gasteiger partial charge in [-0.3, -0.25) is 0 Å². The Morgan fingerprint density at radius 2 is 0.927 bits per heavy atom. The molecule has 0 unspecified atom stereocenters. The molecule has 0 amide bonds. The van der Waals surface area contributed by atoms with Gasteiger partial charge in [0.05, 0.1) is 6.85 Å². The minimum atomic E-state index is -0.417. The molecule has 10 aromatic rings. The van der Waals surface area contributed by atoms with Crippen LogP contribution in [-0.2, 0) is 0 Å². The number of rotatable bonds is 4. The molecule has 0 spiro atoms. The van der Waals surface area contributed by atoms with Gasteiger partial charge >= 0.3 is 0 Å². The average molecular weight is 702 g/mol. The van der Waals surface area contributed by atoms with E-state index in [9.17, 15) is 0 Å². The Labute approximate surface area is 326 Å². The first-order valence-corrected chi connectivity index (χ1v) is 18.6. The van der Waals surface area contributed by atoms with Gasteiger partial charge in [0.15, 0.2) is 0 Å². The molecule has 0 N–H and O–H groups in total. The summed E-state index contributed by atoms with van der Waals surface area (Å²) in [6.07, 6.45) is 0. The zero-order chi connectivity index (χ0) is 40.4. The van der Waals surface area contributed by atoms with Crippen molar-refractivity contribution in [3.63, 3.8) is 0 Å². The van der Waals surface area contributed by atoms with E-state index in [4.69, 9.17) is 11.6 Å². The Morgan fingerprint density at radius 1 is 0.327 bits per heavy atom. The molecule has 254 valence electrons. The van der Waals surface area contributed by atoms with Crippen LogP contribution in [0.2, 0.25) is 0 Å². The van der Waals surface area contributed by atoms with E-state index in [1.54, 1.807) is 0 Å². The van der Waals surface area contributed by atoms with Crippen LogP contribution >= 0.6 is 0 Å². The van der Waals surface area contributed by atoms with E-state index in [0.29, 0.717) is 5.56 Å². The van der Waals surface area contributed by atoms with Crippen molar-refractivity contribution in [2.75, 3.05) is 0 Å². The fraction of sp³-hybridized carbons (Fsp3) is 0. The lowest BCUT2D eigenvalue weighted by atomic mass is 9.81.